The summed E-state index contributed by atoms with van der Waals surface area (Å²) < 4.78 is 18.8. The van der Waals surface area contributed by atoms with E-state index < -0.39 is 17.7 Å². The Morgan fingerprint density at radius 3 is 2.63 bits per heavy atom. The molecule has 0 unspecified atom stereocenters. The number of halogens is 1. The van der Waals surface area contributed by atoms with E-state index in [1.807, 2.05) is 11.9 Å². The highest BCUT2D eigenvalue weighted by atomic mass is 19.1. The summed E-state index contributed by atoms with van der Waals surface area (Å²) in [5.74, 6) is 6.68. The van der Waals surface area contributed by atoms with E-state index in [-0.39, 0.29) is 11.7 Å². The summed E-state index contributed by atoms with van der Waals surface area (Å²) in [5.41, 5.74) is 0.609. The predicted octanol–water partition coefficient (Wildman–Crippen LogP) is 4.71. The standard InChI is InChI=1S/C28H39FN6O3/c1-8-17-34(6)24-21(19-31-26(33-24)32-23-15-12-14-22(29)18-23)13-10-9-11-16-30-25(36)20(2)35(7)27(37)38-28(3,4)5/h12,14-15,18-20H,8-9,11,16-17H2,1-7H3,(H,30,36)(H,31,32,33)/t20-/m0/s1. The molecule has 0 aliphatic rings. The van der Waals surface area contributed by atoms with Crippen molar-refractivity contribution in [3.05, 3.63) is 41.8 Å². The fourth-order valence-corrected chi connectivity index (χ4v) is 3.31. The molecule has 38 heavy (non-hydrogen) atoms. The Labute approximate surface area is 225 Å². The molecule has 2 aromatic rings. The van der Waals surface area contributed by atoms with Crippen molar-refractivity contribution < 1.29 is 18.7 Å². The van der Waals surface area contributed by atoms with Crippen molar-refractivity contribution in [2.45, 2.75) is 65.5 Å². The van der Waals surface area contributed by atoms with E-state index in [4.69, 9.17) is 4.74 Å². The maximum atomic E-state index is 13.5. The minimum Gasteiger partial charge on any atom is -0.444 e. The van der Waals surface area contributed by atoms with Gasteiger partial charge in [-0.1, -0.05) is 24.8 Å². The molecule has 10 heteroatoms. The first kappa shape index (κ1) is 30.4. The summed E-state index contributed by atoms with van der Waals surface area (Å²) in [4.78, 5) is 36.8. The highest BCUT2D eigenvalue weighted by Crippen LogP contribution is 2.20. The minimum atomic E-state index is -0.663. The van der Waals surface area contributed by atoms with Gasteiger partial charge in [-0.25, -0.2) is 14.2 Å². The fourth-order valence-electron chi connectivity index (χ4n) is 3.31. The van der Waals surface area contributed by atoms with Crippen LogP contribution in [0.1, 0.15) is 59.4 Å². The van der Waals surface area contributed by atoms with Crippen LogP contribution in [0.4, 0.5) is 26.6 Å². The maximum absolute atomic E-state index is 13.5. The minimum absolute atomic E-state index is 0.260. The average Bonchev–Trinajstić information content (AvgIpc) is 2.84. The van der Waals surface area contributed by atoms with Gasteiger partial charge in [0.1, 0.15) is 23.3 Å². The molecule has 0 fully saturated rings. The third-order valence-corrected chi connectivity index (χ3v) is 5.41. The van der Waals surface area contributed by atoms with Gasteiger partial charge in [-0.2, -0.15) is 4.98 Å². The molecule has 0 radical (unpaired) electrons. The predicted molar refractivity (Wildman–Crippen MR) is 148 cm³/mol. The largest absolute Gasteiger partial charge is 0.444 e. The molecule has 0 bridgehead atoms. The van der Waals surface area contributed by atoms with Gasteiger partial charge in [0.15, 0.2) is 0 Å². The number of nitrogens with one attached hydrogen (secondary N) is 2. The van der Waals surface area contributed by atoms with Crippen molar-refractivity contribution in [2.24, 2.45) is 0 Å². The van der Waals surface area contributed by atoms with Gasteiger partial charge in [0.05, 0.1) is 11.8 Å². The van der Waals surface area contributed by atoms with Crippen molar-refractivity contribution in [1.29, 1.82) is 0 Å². The number of nitrogens with zero attached hydrogens (tertiary/aromatic N) is 4. The van der Waals surface area contributed by atoms with E-state index in [2.05, 4.69) is 39.4 Å². The quantitative estimate of drug-likeness (QED) is 0.342. The van der Waals surface area contributed by atoms with Crippen molar-refractivity contribution in [1.82, 2.24) is 20.2 Å². The Morgan fingerprint density at radius 1 is 1.24 bits per heavy atom. The van der Waals surface area contributed by atoms with Crippen LogP contribution in [-0.2, 0) is 9.53 Å². The van der Waals surface area contributed by atoms with Gasteiger partial charge in [-0.05, 0) is 58.7 Å². The first-order valence-electron chi connectivity index (χ1n) is 12.7. The topological polar surface area (TPSA) is 99.7 Å². The number of carbonyl (C=O) groups is 2. The molecular weight excluding hydrogens is 487 g/mol. The molecule has 1 aromatic heterocycles. The Morgan fingerprint density at radius 2 is 1.97 bits per heavy atom. The van der Waals surface area contributed by atoms with Gasteiger partial charge in [0.2, 0.25) is 11.9 Å². The zero-order valence-corrected chi connectivity index (χ0v) is 23.4. The van der Waals surface area contributed by atoms with Gasteiger partial charge in [-0.15, -0.1) is 0 Å². The highest BCUT2D eigenvalue weighted by Gasteiger charge is 2.26. The van der Waals surface area contributed by atoms with Gasteiger partial charge >= 0.3 is 6.09 Å². The number of anilines is 3. The molecule has 0 aliphatic carbocycles. The SMILES string of the molecule is CCCN(C)c1nc(Nc2cccc(F)c2)ncc1C#CCCCNC(=O)[C@H](C)N(C)C(=O)OC(C)(C)C. The Balaban J connectivity index is 1.95. The van der Waals surface area contributed by atoms with E-state index >= 15 is 0 Å². The second-order valence-corrected chi connectivity index (χ2v) is 9.95. The lowest BCUT2D eigenvalue weighted by atomic mass is 10.2. The van der Waals surface area contributed by atoms with E-state index in [1.54, 1.807) is 46.0 Å². The summed E-state index contributed by atoms with van der Waals surface area (Å²) in [6.07, 6.45) is 3.23. The van der Waals surface area contributed by atoms with Crippen molar-refractivity contribution >= 4 is 29.5 Å². The van der Waals surface area contributed by atoms with Crippen LogP contribution < -0.4 is 15.5 Å². The van der Waals surface area contributed by atoms with Crippen LogP contribution >= 0.6 is 0 Å². The molecule has 1 aromatic carbocycles. The second kappa shape index (κ2) is 14.2. The second-order valence-electron chi connectivity index (χ2n) is 9.95. The number of carbonyl (C=O) groups excluding carboxylic acids is 2. The van der Waals surface area contributed by atoms with Crippen LogP contribution in [0.5, 0.6) is 0 Å². The van der Waals surface area contributed by atoms with Crippen LogP contribution in [-0.4, -0.2) is 65.7 Å². The summed E-state index contributed by atoms with van der Waals surface area (Å²) >= 11 is 0. The summed E-state index contributed by atoms with van der Waals surface area (Å²) in [5, 5.41) is 5.87. The monoisotopic (exact) mass is 526 g/mol. The Hall–Kier alpha value is -3.87. The number of rotatable bonds is 10. The number of benzene rings is 1. The van der Waals surface area contributed by atoms with Crippen LogP contribution in [0.15, 0.2) is 30.5 Å². The number of likely N-dealkylation sites (N-methyl/N-ethyl adjacent to an activating group) is 1. The van der Waals surface area contributed by atoms with E-state index in [0.717, 1.165) is 13.0 Å². The average molecular weight is 527 g/mol. The number of aromatic nitrogens is 2. The lowest BCUT2D eigenvalue weighted by Gasteiger charge is -2.28. The molecule has 2 rings (SSSR count). The summed E-state index contributed by atoms with van der Waals surface area (Å²) in [6.45, 7) is 10.3. The van der Waals surface area contributed by atoms with Gasteiger partial charge in [0.25, 0.3) is 0 Å². The molecule has 1 heterocycles. The smallest absolute Gasteiger partial charge is 0.410 e. The number of amides is 2. The van der Waals surface area contributed by atoms with Gasteiger partial charge in [0, 0.05) is 39.3 Å². The summed E-state index contributed by atoms with van der Waals surface area (Å²) in [7, 11) is 3.48. The molecule has 0 aliphatic heterocycles. The van der Waals surface area contributed by atoms with Crippen LogP contribution in [0.2, 0.25) is 0 Å². The van der Waals surface area contributed by atoms with Crippen molar-refractivity contribution in [3.63, 3.8) is 0 Å². The third kappa shape index (κ3) is 9.88. The molecule has 0 spiro atoms. The molecule has 1 atom stereocenters. The molecule has 2 amide bonds. The number of ether oxygens (including phenoxy) is 1. The molecule has 0 saturated heterocycles. The fraction of sp³-hybridized carbons (Fsp3) is 0.500. The van der Waals surface area contributed by atoms with E-state index in [9.17, 15) is 14.0 Å². The lowest BCUT2D eigenvalue weighted by Crippen LogP contribution is -2.47. The molecular formula is C28H39FN6O3. The zero-order chi connectivity index (χ0) is 28.3. The highest BCUT2D eigenvalue weighted by molar-refractivity contribution is 5.85. The van der Waals surface area contributed by atoms with E-state index in [1.165, 1.54) is 24.1 Å². The number of hydrogen-bond donors (Lipinski definition) is 2. The molecule has 0 saturated carbocycles. The first-order chi connectivity index (χ1) is 17.9. The maximum Gasteiger partial charge on any atom is 0.410 e. The number of unbranched alkanes of at least 4 members (excludes halogenated alkanes) is 1. The van der Waals surface area contributed by atoms with Crippen LogP contribution in [0, 0.1) is 17.7 Å². The summed E-state index contributed by atoms with van der Waals surface area (Å²) in [6, 6.07) is 5.44. The molecule has 2 N–H and O–H groups in total. The zero-order valence-electron chi connectivity index (χ0n) is 23.4. The van der Waals surface area contributed by atoms with E-state index in [0.29, 0.717) is 42.4 Å². The number of hydrogen-bond acceptors (Lipinski definition) is 7. The van der Waals surface area contributed by atoms with Crippen molar-refractivity contribution in [2.75, 3.05) is 37.4 Å². The van der Waals surface area contributed by atoms with Crippen molar-refractivity contribution in [3.8, 4) is 11.8 Å². The van der Waals surface area contributed by atoms with Gasteiger partial charge < -0.3 is 20.3 Å². The molecule has 206 valence electrons. The lowest BCUT2D eigenvalue weighted by molar-refractivity contribution is -0.125. The first-order valence-corrected chi connectivity index (χ1v) is 12.7. The Bertz CT molecular complexity index is 1160. The van der Waals surface area contributed by atoms with Gasteiger partial charge in [-0.3, -0.25) is 9.69 Å². The third-order valence-electron chi connectivity index (χ3n) is 5.41. The Kier molecular flexibility index (Phi) is 11.3. The van der Waals surface area contributed by atoms with Crippen LogP contribution in [0.25, 0.3) is 0 Å². The molecule has 9 nitrogen and oxygen atoms in total. The van der Waals surface area contributed by atoms with Crippen LogP contribution in [0.3, 0.4) is 0 Å². The normalized spacial score (nSPS) is 11.6.